The number of hydrogen-bond donors (Lipinski definition) is 1. The first kappa shape index (κ1) is 25.6. The van der Waals surface area contributed by atoms with Crippen molar-refractivity contribution in [3.8, 4) is 0 Å². The second-order valence-corrected chi connectivity index (χ2v) is 7.74. The van der Waals surface area contributed by atoms with Crippen molar-refractivity contribution in [3.63, 3.8) is 0 Å². The highest BCUT2D eigenvalue weighted by molar-refractivity contribution is 5.78. The summed E-state index contributed by atoms with van der Waals surface area (Å²) < 4.78 is 28.2. The molecule has 1 aliphatic rings. The van der Waals surface area contributed by atoms with E-state index in [4.69, 9.17) is 23.7 Å². The van der Waals surface area contributed by atoms with Gasteiger partial charge in [-0.1, -0.05) is 12.1 Å². The average molecular weight is 492 g/mol. The van der Waals surface area contributed by atoms with Gasteiger partial charge in [-0.2, -0.15) is 0 Å². The van der Waals surface area contributed by atoms with E-state index in [0.29, 0.717) is 0 Å². The van der Waals surface area contributed by atoms with Crippen LogP contribution in [0.1, 0.15) is 33.9 Å². The fraction of sp³-hybridized carbons (Fsp3) is 0.455. The maximum atomic E-state index is 13.0. The Kier molecular flexibility index (Phi) is 7.69. The summed E-state index contributed by atoms with van der Waals surface area (Å²) in [5, 5.41) is 0.125. The molecule has 1 aromatic carbocycles. The van der Waals surface area contributed by atoms with Gasteiger partial charge in [0.05, 0.1) is 10.9 Å². The molecule has 0 amide bonds. The SMILES string of the molecule is CC(=O)OCC1OC(n2c(=O)[nH]c(=O)c3ccccc32)C(OC(C)=O)C(OC(C)=O)C1OC(C)=O. The van der Waals surface area contributed by atoms with Gasteiger partial charge in [-0.3, -0.25) is 33.5 Å². The number of para-hydroxylation sites is 1. The van der Waals surface area contributed by atoms with Gasteiger partial charge >= 0.3 is 29.6 Å². The molecule has 1 aliphatic heterocycles. The molecule has 0 spiro atoms. The van der Waals surface area contributed by atoms with Crippen LogP contribution in [0.15, 0.2) is 33.9 Å². The molecule has 1 N–H and O–H groups in total. The molecule has 0 bridgehead atoms. The monoisotopic (exact) mass is 492 g/mol. The van der Waals surface area contributed by atoms with Crippen LogP contribution in [0.5, 0.6) is 0 Å². The van der Waals surface area contributed by atoms with Crippen molar-refractivity contribution in [2.75, 3.05) is 6.61 Å². The molecule has 13 nitrogen and oxygen atoms in total. The minimum atomic E-state index is -1.50. The molecule has 188 valence electrons. The molecular weight excluding hydrogens is 468 g/mol. The molecule has 35 heavy (non-hydrogen) atoms. The Morgan fingerprint density at radius 1 is 0.857 bits per heavy atom. The van der Waals surface area contributed by atoms with Crippen LogP contribution >= 0.6 is 0 Å². The van der Waals surface area contributed by atoms with E-state index in [9.17, 15) is 28.8 Å². The zero-order chi connectivity index (χ0) is 25.9. The summed E-state index contributed by atoms with van der Waals surface area (Å²) in [7, 11) is 0. The number of nitrogens with zero attached hydrogens (tertiary/aromatic N) is 1. The Bertz CT molecular complexity index is 1260. The van der Waals surface area contributed by atoms with Gasteiger partial charge in [0.15, 0.2) is 24.5 Å². The molecule has 0 saturated carbocycles. The first-order chi connectivity index (χ1) is 16.5. The van der Waals surface area contributed by atoms with E-state index in [1.165, 1.54) is 12.1 Å². The summed E-state index contributed by atoms with van der Waals surface area (Å²) in [5.74, 6) is -3.09. The van der Waals surface area contributed by atoms with Crippen LogP contribution in [0.3, 0.4) is 0 Å². The first-order valence-electron chi connectivity index (χ1n) is 10.5. The summed E-state index contributed by atoms with van der Waals surface area (Å²) in [6.07, 6.45) is -7.06. The lowest BCUT2D eigenvalue weighted by Crippen LogP contribution is -2.61. The number of H-pyrrole nitrogens is 1. The van der Waals surface area contributed by atoms with Gasteiger partial charge in [-0.05, 0) is 12.1 Å². The number of aromatic amines is 1. The van der Waals surface area contributed by atoms with Gasteiger partial charge < -0.3 is 23.7 Å². The zero-order valence-electron chi connectivity index (χ0n) is 19.3. The molecule has 13 heteroatoms. The Morgan fingerprint density at radius 2 is 1.43 bits per heavy atom. The molecule has 5 atom stereocenters. The van der Waals surface area contributed by atoms with Gasteiger partial charge in [0.1, 0.15) is 12.7 Å². The molecule has 0 radical (unpaired) electrons. The maximum absolute atomic E-state index is 13.0. The number of carbonyl (C=O) groups is 4. The summed E-state index contributed by atoms with van der Waals surface area (Å²) in [4.78, 5) is 74.8. The molecule has 1 aromatic heterocycles. The van der Waals surface area contributed by atoms with E-state index in [1.54, 1.807) is 12.1 Å². The third kappa shape index (κ3) is 5.74. The topological polar surface area (TPSA) is 169 Å². The summed E-state index contributed by atoms with van der Waals surface area (Å²) in [6.45, 7) is 3.96. The van der Waals surface area contributed by atoms with E-state index in [1.807, 2.05) is 0 Å². The van der Waals surface area contributed by atoms with Crippen molar-refractivity contribution >= 4 is 34.8 Å². The predicted octanol–water partition coefficient (Wildman–Crippen LogP) is -0.0546. The fourth-order valence-electron chi connectivity index (χ4n) is 3.88. The van der Waals surface area contributed by atoms with Crippen molar-refractivity contribution in [1.29, 1.82) is 0 Å². The fourth-order valence-corrected chi connectivity index (χ4v) is 3.88. The number of rotatable bonds is 6. The van der Waals surface area contributed by atoms with E-state index in [0.717, 1.165) is 32.3 Å². The Balaban J connectivity index is 2.25. The molecule has 3 rings (SSSR count). The lowest BCUT2D eigenvalue weighted by atomic mass is 9.96. The van der Waals surface area contributed by atoms with Crippen LogP contribution in [0.4, 0.5) is 0 Å². The van der Waals surface area contributed by atoms with Gasteiger partial charge in [0, 0.05) is 27.7 Å². The third-order valence-electron chi connectivity index (χ3n) is 5.07. The van der Waals surface area contributed by atoms with Crippen molar-refractivity contribution in [2.45, 2.75) is 58.3 Å². The van der Waals surface area contributed by atoms with Crippen LogP contribution in [-0.2, 0) is 42.9 Å². The van der Waals surface area contributed by atoms with E-state index < -0.39 is 72.4 Å². The van der Waals surface area contributed by atoms with Crippen LogP contribution in [0, 0.1) is 0 Å². The Hall–Kier alpha value is -4.00. The quantitative estimate of drug-likeness (QED) is 0.423. The van der Waals surface area contributed by atoms with Crippen LogP contribution in [-0.4, -0.2) is 64.5 Å². The second-order valence-electron chi connectivity index (χ2n) is 7.74. The van der Waals surface area contributed by atoms with Gasteiger partial charge in [0.2, 0.25) is 0 Å². The number of aromatic nitrogens is 2. The highest BCUT2D eigenvalue weighted by Gasteiger charge is 2.53. The van der Waals surface area contributed by atoms with Gasteiger partial charge in [0.25, 0.3) is 5.56 Å². The van der Waals surface area contributed by atoms with Crippen LogP contribution < -0.4 is 11.2 Å². The number of ether oxygens (including phenoxy) is 5. The summed E-state index contributed by atoms with van der Waals surface area (Å²) in [5.41, 5.74) is -1.44. The maximum Gasteiger partial charge on any atom is 0.331 e. The number of carbonyl (C=O) groups excluding carboxylic acids is 4. The standard InChI is InChI=1S/C22H24N2O11/c1-10(25)31-9-16-17(32-11(2)26)18(33-12(3)27)19(34-13(4)28)21(35-16)24-15-8-6-5-7-14(15)20(29)23-22(24)30/h5-8,16-19,21H,9H2,1-4H3,(H,23,29,30). The number of hydrogen-bond acceptors (Lipinski definition) is 11. The van der Waals surface area contributed by atoms with Crippen molar-refractivity contribution in [3.05, 3.63) is 45.1 Å². The third-order valence-corrected chi connectivity index (χ3v) is 5.07. The Morgan fingerprint density at radius 3 is 2.03 bits per heavy atom. The van der Waals surface area contributed by atoms with Gasteiger partial charge in [-0.25, -0.2) is 4.79 Å². The van der Waals surface area contributed by atoms with E-state index in [-0.39, 0.29) is 10.9 Å². The number of esters is 4. The molecule has 0 aliphatic carbocycles. The van der Waals surface area contributed by atoms with Crippen LogP contribution in [0.25, 0.3) is 10.9 Å². The highest BCUT2D eigenvalue weighted by Crippen LogP contribution is 2.35. The minimum Gasteiger partial charge on any atom is -0.463 e. The smallest absolute Gasteiger partial charge is 0.331 e. The number of nitrogens with one attached hydrogen (secondary N) is 1. The average Bonchev–Trinajstić information content (AvgIpc) is 2.75. The molecule has 2 aromatic rings. The largest absolute Gasteiger partial charge is 0.463 e. The second kappa shape index (κ2) is 10.5. The Labute approximate surface area is 197 Å². The van der Waals surface area contributed by atoms with Crippen molar-refractivity contribution in [1.82, 2.24) is 9.55 Å². The lowest BCUT2D eigenvalue weighted by Gasteiger charge is -2.44. The van der Waals surface area contributed by atoms with Crippen LogP contribution in [0.2, 0.25) is 0 Å². The first-order valence-corrected chi connectivity index (χ1v) is 10.5. The summed E-state index contributed by atoms with van der Waals surface area (Å²) >= 11 is 0. The van der Waals surface area contributed by atoms with Crippen molar-refractivity contribution in [2.24, 2.45) is 0 Å². The molecule has 1 saturated heterocycles. The normalized spacial score (nSPS) is 23.8. The molecule has 2 heterocycles. The minimum absolute atomic E-state index is 0.125. The predicted molar refractivity (Wildman–Crippen MR) is 116 cm³/mol. The molecular formula is C22H24N2O11. The van der Waals surface area contributed by atoms with Gasteiger partial charge in [-0.15, -0.1) is 0 Å². The van der Waals surface area contributed by atoms with E-state index >= 15 is 0 Å². The number of benzene rings is 1. The highest BCUT2D eigenvalue weighted by atomic mass is 16.7. The zero-order valence-corrected chi connectivity index (χ0v) is 19.3. The summed E-state index contributed by atoms with van der Waals surface area (Å²) in [6, 6.07) is 6.10. The number of fused-ring (bicyclic) bond motifs is 1. The van der Waals surface area contributed by atoms with E-state index in [2.05, 4.69) is 4.98 Å². The lowest BCUT2D eigenvalue weighted by molar-refractivity contribution is -0.268. The molecule has 5 unspecified atom stereocenters. The van der Waals surface area contributed by atoms with Crippen molar-refractivity contribution < 1.29 is 42.9 Å². The molecule has 1 fully saturated rings.